The van der Waals surface area contributed by atoms with E-state index in [0.717, 1.165) is 57.9 Å². The third-order valence-corrected chi connectivity index (χ3v) is 5.41. The number of halogens is 1. The van der Waals surface area contributed by atoms with E-state index in [1.807, 2.05) is 54.9 Å². The maximum atomic E-state index is 6.21. The second-order valence-electron chi connectivity index (χ2n) is 7.29. The summed E-state index contributed by atoms with van der Waals surface area (Å²) >= 11 is 6.21. The van der Waals surface area contributed by atoms with Crippen molar-refractivity contribution in [1.29, 1.82) is 0 Å². The lowest BCUT2D eigenvalue weighted by atomic mass is 10.2. The molecule has 29 heavy (non-hydrogen) atoms. The summed E-state index contributed by atoms with van der Waals surface area (Å²) in [5.41, 5.74) is 5.05. The third kappa shape index (κ3) is 3.28. The molecule has 0 saturated carbocycles. The van der Waals surface area contributed by atoms with Crippen molar-refractivity contribution in [1.82, 2.24) is 24.1 Å². The Labute approximate surface area is 173 Å². The number of fused-ring (bicyclic) bond motifs is 3. The van der Waals surface area contributed by atoms with E-state index in [1.165, 1.54) is 0 Å². The zero-order valence-electron chi connectivity index (χ0n) is 16.3. The summed E-state index contributed by atoms with van der Waals surface area (Å²) in [6.45, 7) is 2.00. The Morgan fingerprint density at radius 1 is 0.931 bits per heavy atom. The second-order valence-corrected chi connectivity index (χ2v) is 7.73. The van der Waals surface area contributed by atoms with Crippen molar-refractivity contribution >= 4 is 28.0 Å². The zero-order valence-corrected chi connectivity index (χ0v) is 17.1. The van der Waals surface area contributed by atoms with Crippen molar-refractivity contribution in [2.24, 2.45) is 7.05 Å². The van der Waals surface area contributed by atoms with Crippen molar-refractivity contribution in [3.63, 3.8) is 0 Å². The predicted octanol–water partition coefficient (Wildman–Crippen LogP) is 5.03. The highest BCUT2D eigenvalue weighted by atomic mass is 35.5. The van der Waals surface area contributed by atoms with Crippen LogP contribution in [0, 0.1) is 6.92 Å². The highest BCUT2D eigenvalue weighted by Gasteiger charge is 2.13. The molecular weight excluding hydrogens is 382 g/mol. The Hall–Kier alpha value is -3.18. The van der Waals surface area contributed by atoms with E-state index in [-0.39, 0.29) is 0 Å². The van der Waals surface area contributed by atoms with Crippen LogP contribution in [0.5, 0.6) is 0 Å². The molecule has 0 aliphatic heterocycles. The molecular formula is C23H20ClN5. The van der Waals surface area contributed by atoms with Gasteiger partial charge in [0.15, 0.2) is 0 Å². The van der Waals surface area contributed by atoms with Crippen LogP contribution in [0.25, 0.3) is 27.7 Å². The van der Waals surface area contributed by atoms with Gasteiger partial charge in [-0.15, -0.1) is 0 Å². The van der Waals surface area contributed by atoms with Gasteiger partial charge in [0, 0.05) is 42.1 Å². The summed E-state index contributed by atoms with van der Waals surface area (Å²) in [6.07, 6.45) is 3.60. The van der Waals surface area contributed by atoms with Gasteiger partial charge in [-0.25, -0.2) is 14.5 Å². The Kier molecular flexibility index (Phi) is 4.32. The molecule has 5 aromatic rings. The fourth-order valence-electron chi connectivity index (χ4n) is 3.76. The number of imidazole rings is 1. The molecule has 0 bridgehead atoms. The monoisotopic (exact) mass is 401 g/mol. The Morgan fingerprint density at radius 3 is 2.55 bits per heavy atom. The SMILES string of the molecule is Cc1cc2c3cc(Cl)ccc3nc(CCc3nc(-c4ccccc4)cn3C)n2n1. The first-order valence-corrected chi connectivity index (χ1v) is 9.98. The van der Waals surface area contributed by atoms with Gasteiger partial charge in [0.05, 0.1) is 22.4 Å². The van der Waals surface area contributed by atoms with Gasteiger partial charge < -0.3 is 4.57 Å². The molecule has 2 aromatic carbocycles. The van der Waals surface area contributed by atoms with Crippen LogP contribution in [0.3, 0.4) is 0 Å². The van der Waals surface area contributed by atoms with E-state index in [1.54, 1.807) is 0 Å². The van der Waals surface area contributed by atoms with Gasteiger partial charge in [-0.1, -0.05) is 41.9 Å². The van der Waals surface area contributed by atoms with E-state index in [9.17, 15) is 0 Å². The average Bonchev–Trinajstić information content (AvgIpc) is 3.30. The molecule has 0 fully saturated rings. The molecule has 6 heteroatoms. The Morgan fingerprint density at radius 2 is 1.72 bits per heavy atom. The third-order valence-electron chi connectivity index (χ3n) is 5.17. The zero-order chi connectivity index (χ0) is 20.0. The highest BCUT2D eigenvalue weighted by Crippen LogP contribution is 2.25. The van der Waals surface area contributed by atoms with E-state index in [2.05, 4.69) is 34.1 Å². The molecule has 0 unspecified atom stereocenters. The van der Waals surface area contributed by atoms with Gasteiger partial charge in [0.1, 0.15) is 11.6 Å². The molecule has 5 rings (SSSR count). The standard InChI is InChI=1S/C23H20ClN5/c1-15-12-21-18-13-17(24)8-9-19(18)25-23(29(21)27-15)11-10-22-26-20(14-28(22)2)16-6-4-3-5-7-16/h3-9,12-14H,10-11H2,1-2H3. The first-order chi connectivity index (χ1) is 14.1. The van der Waals surface area contributed by atoms with Crippen LogP contribution in [0.15, 0.2) is 60.8 Å². The van der Waals surface area contributed by atoms with Gasteiger partial charge in [-0.2, -0.15) is 5.10 Å². The van der Waals surface area contributed by atoms with E-state index in [0.29, 0.717) is 5.02 Å². The smallest absolute Gasteiger partial charge is 0.131 e. The van der Waals surface area contributed by atoms with Crippen molar-refractivity contribution in [2.45, 2.75) is 19.8 Å². The fraction of sp³-hybridized carbons (Fsp3) is 0.174. The first kappa shape index (κ1) is 17.9. The number of rotatable bonds is 4. The molecule has 0 saturated heterocycles. The van der Waals surface area contributed by atoms with Gasteiger partial charge >= 0.3 is 0 Å². The van der Waals surface area contributed by atoms with Crippen molar-refractivity contribution in [3.8, 4) is 11.3 Å². The lowest BCUT2D eigenvalue weighted by Crippen LogP contribution is -2.07. The lowest BCUT2D eigenvalue weighted by Gasteiger charge is -2.08. The van der Waals surface area contributed by atoms with E-state index in [4.69, 9.17) is 21.6 Å². The Balaban J connectivity index is 1.51. The maximum absolute atomic E-state index is 6.21. The van der Waals surface area contributed by atoms with E-state index < -0.39 is 0 Å². The summed E-state index contributed by atoms with van der Waals surface area (Å²) < 4.78 is 4.03. The maximum Gasteiger partial charge on any atom is 0.131 e. The quantitative estimate of drug-likeness (QED) is 0.424. The van der Waals surface area contributed by atoms with Crippen LogP contribution >= 0.6 is 11.6 Å². The molecule has 0 aliphatic carbocycles. The topological polar surface area (TPSA) is 48.0 Å². The number of aromatic nitrogens is 5. The molecule has 0 aliphatic rings. The summed E-state index contributed by atoms with van der Waals surface area (Å²) in [6, 6.07) is 18.1. The summed E-state index contributed by atoms with van der Waals surface area (Å²) in [7, 11) is 2.04. The molecule has 144 valence electrons. The highest BCUT2D eigenvalue weighted by molar-refractivity contribution is 6.31. The molecule has 3 heterocycles. The number of hydrogen-bond acceptors (Lipinski definition) is 3. The molecule has 0 radical (unpaired) electrons. The minimum atomic E-state index is 0.703. The Bertz CT molecular complexity index is 1330. The average molecular weight is 402 g/mol. The molecule has 5 nitrogen and oxygen atoms in total. The first-order valence-electron chi connectivity index (χ1n) is 9.61. The second kappa shape index (κ2) is 7.01. The van der Waals surface area contributed by atoms with Gasteiger partial charge in [-0.05, 0) is 31.2 Å². The van der Waals surface area contributed by atoms with Crippen LogP contribution in [0.2, 0.25) is 5.02 Å². The lowest BCUT2D eigenvalue weighted by molar-refractivity contribution is 0.721. The van der Waals surface area contributed by atoms with Crippen molar-refractivity contribution in [2.75, 3.05) is 0 Å². The van der Waals surface area contributed by atoms with Gasteiger partial charge in [0.2, 0.25) is 0 Å². The van der Waals surface area contributed by atoms with Crippen LogP contribution in [-0.4, -0.2) is 24.1 Å². The van der Waals surface area contributed by atoms with Crippen LogP contribution < -0.4 is 0 Å². The number of nitrogens with zero attached hydrogens (tertiary/aromatic N) is 5. The van der Waals surface area contributed by atoms with Crippen molar-refractivity contribution < 1.29 is 0 Å². The minimum Gasteiger partial charge on any atom is -0.337 e. The van der Waals surface area contributed by atoms with E-state index >= 15 is 0 Å². The van der Waals surface area contributed by atoms with Crippen molar-refractivity contribution in [3.05, 3.63) is 83.2 Å². The molecule has 0 atom stereocenters. The normalized spacial score (nSPS) is 11.6. The molecule has 0 amide bonds. The minimum absolute atomic E-state index is 0.703. The van der Waals surface area contributed by atoms with Gasteiger partial charge in [-0.3, -0.25) is 0 Å². The fourth-order valence-corrected chi connectivity index (χ4v) is 3.93. The molecule has 0 spiro atoms. The van der Waals surface area contributed by atoms with Crippen LogP contribution in [0.4, 0.5) is 0 Å². The van der Waals surface area contributed by atoms with Crippen LogP contribution in [-0.2, 0) is 19.9 Å². The predicted molar refractivity (Wildman–Crippen MR) is 116 cm³/mol. The molecule has 3 aromatic heterocycles. The number of hydrogen-bond donors (Lipinski definition) is 0. The summed E-state index contributed by atoms with van der Waals surface area (Å²) in [5.74, 6) is 1.95. The summed E-state index contributed by atoms with van der Waals surface area (Å²) in [4.78, 5) is 9.71. The van der Waals surface area contributed by atoms with Crippen LogP contribution in [0.1, 0.15) is 17.3 Å². The van der Waals surface area contributed by atoms with Gasteiger partial charge in [0.25, 0.3) is 0 Å². The molecule has 0 N–H and O–H groups in total. The number of aryl methyl sites for hydroxylation is 4. The number of benzene rings is 2. The largest absolute Gasteiger partial charge is 0.337 e. The summed E-state index contributed by atoms with van der Waals surface area (Å²) in [5, 5.41) is 6.39.